The Morgan fingerprint density at radius 3 is 2.53 bits per heavy atom. The second kappa shape index (κ2) is 9.85. The Morgan fingerprint density at radius 1 is 1.17 bits per heavy atom. The SMILES string of the molecule is O=C(COc1ccc(Cl)c(F)c1)NC12CCC(C(=O)NCc3cc(C(F)(F)F)ccn3)(CC1)C(O)C2. The highest BCUT2D eigenvalue weighted by Crippen LogP contribution is 2.52. The monoisotopic (exact) mass is 529 g/mol. The number of carbonyl (C=O) groups excluding carboxylic acids is 2. The first-order valence-electron chi connectivity index (χ1n) is 11.3. The van der Waals surface area contributed by atoms with E-state index in [1.54, 1.807) is 0 Å². The van der Waals surface area contributed by atoms with E-state index in [0.717, 1.165) is 24.4 Å². The average molecular weight is 530 g/mol. The minimum absolute atomic E-state index is 0.0536. The van der Waals surface area contributed by atoms with Crippen molar-refractivity contribution < 1.29 is 37.0 Å². The Morgan fingerprint density at radius 2 is 1.89 bits per heavy atom. The molecule has 0 saturated heterocycles. The first-order chi connectivity index (χ1) is 16.9. The Labute approximate surface area is 209 Å². The van der Waals surface area contributed by atoms with E-state index in [1.165, 1.54) is 12.1 Å². The van der Waals surface area contributed by atoms with E-state index in [-0.39, 0.29) is 36.0 Å². The predicted octanol–water partition coefficient (Wildman–Crippen LogP) is 3.77. The lowest BCUT2D eigenvalue weighted by atomic mass is 9.55. The third kappa shape index (κ3) is 5.41. The number of fused-ring (bicyclic) bond motifs is 3. The summed E-state index contributed by atoms with van der Waals surface area (Å²) in [7, 11) is 0. The number of pyridine rings is 1. The van der Waals surface area contributed by atoms with Gasteiger partial charge in [0, 0.05) is 17.8 Å². The van der Waals surface area contributed by atoms with Crippen LogP contribution in [-0.2, 0) is 22.3 Å². The van der Waals surface area contributed by atoms with E-state index < -0.39 is 46.4 Å². The van der Waals surface area contributed by atoms with Crippen LogP contribution in [0.1, 0.15) is 43.4 Å². The van der Waals surface area contributed by atoms with E-state index in [4.69, 9.17) is 16.3 Å². The topological polar surface area (TPSA) is 101 Å². The number of hydrogen-bond acceptors (Lipinski definition) is 5. The van der Waals surface area contributed by atoms with Crippen LogP contribution in [-0.4, -0.2) is 40.2 Å². The smallest absolute Gasteiger partial charge is 0.416 e. The number of aliphatic hydroxyl groups is 1. The van der Waals surface area contributed by atoms with Crippen LogP contribution in [0.5, 0.6) is 5.75 Å². The highest BCUT2D eigenvalue weighted by Gasteiger charge is 2.58. The largest absolute Gasteiger partial charge is 0.484 e. The van der Waals surface area contributed by atoms with Crippen molar-refractivity contribution >= 4 is 23.4 Å². The number of ether oxygens (including phenoxy) is 1. The molecule has 0 aliphatic heterocycles. The van der Waals surface area contributed by atoms with Gasteiger partial charge in [-0.2, -0.15) is 13.2 Å². The lowest BCUT2D eigenvalue weighted by molar-refractivity contribution is -0.156. The number of benzene rings is 1. The first kappa shape index (κ1) is 26.2. The van der Waals surface area contributed by atoms with Gasteiger partial charge in [0.05, 0.1) is 34.3 Å². The molecule has 1 aromatic carbocycles. The highest BCUT2D eigenvalue weighted by molar-refractivity contribution is 6.30. The molecular formula is C24H24ClF4N3O4. The van der Waals surface area contributed by atoms with Crippen molar-refractivity contribution in [1.29, 1.82) is 0 Å². The summed E-state index contributed by atoms with van der Waals surface area (Å²) in [6.07, 6.45) is -2.96. The standard InChI is InChI=1S/C24H24ClF4N3O4/c25-17-2-1-16(10-18(17)26)36-13-20(34)32-22-4-6-23(7-5-22,19(33)11-22)21(35)31-12-15-9-14(3-8-30-15)24(27,28)29/h1-3,8-10,19,33H,4-7,11-13H2,(H,31,35)(H,32,34). The van der Waals surface area contributed by atoms with E-state index >= 15 is 0 Å². The molecule has 2 aromatic rings. The quantitative estimate of drug-likeness (QED) is 0.474. The minimum atomic E-state index is -4.52. The zero-order valence-corrected chi connectivity index (χ0v) is 19.8. The van der Waals surface area contributed by atoms with E-state index in [1.807, 2.05) is 0 Å². The molecule has 7 nitrogen and oxygen atoms in total. The van der Waals surface area contributed by atoms with Crippen LogP contribution in [0, 0.1) is 11.2 Å². The molecule has 36 heavy (non-hydrogen) atoms. The maximum Gasteiger partial charge on any atom is 0.416 e. The highest BCUT2D eigenvalue weighted by atomic mass is 35.5. The molecular weight excluding hydrogens is 506 g/mol. The van der Waals surface area contributed by atoms with Crippen molar-refractivity contribution in [3.05, 3.63) is 58.6 Å². The normalized spacial score (nSPS) is 25.3. The van der Waals surface area contributed by atoms with Crippen molar-refractivity contribution in [3.63, 3.8) is 0 Å². The van der Waals surface area contributed by atoms with Crippen molar-refractivity contribution in [2.45, 2.75) is 56.5 Å². The fraction of sp³-hybridized carbons (Fsp3) is 0.458. The molecule has 2 bridgehead atoms. The molecule has 2 amide bonds. The fourth-order valence-corrected chi connectivity index (χ4v) is 5.09. The van der Waals surface area contributed by atoms with Crippen molar-refractivity contribution in [2.24, 2.45) is 5.41 Å². The third-order valence-corrected chi connectivity index (χ3v) is 7.32. The number of aromatic nitrogens is 1. The summed E-state index contributed by atoms with van der Waals surface area (Å²) in [6.45, 7) is -0.573. The number of aliphatic hydroxyl groups excluding tert-OH is 1. The van der Waals surface area contributed by atoms with Gasteiger partial charge in [-0.1, -0.05) is 11.6 Å². The molecule has 3 fully saturated rings. The van der Waals surface area contributed by atoms with Gasteiger partial charge in [0.15, 0.2) is 6.61 Å². The zero-order chi connectivity index (χ0) is 26.1. The Kier molecular flexibility index (Phi) is 7.16. The zero-order valence-electron chi connectivity index (χ0n) is 19.0. The van der Waals surface area contributed by atoms with Crippen molar-refractivity contribution in [3.8, 4) is 5.75 Å². The van der Waals surface area contributed by atoms with E-state index in [0.29, 0.717) is 25.7 Å². The van der Waals surface area contributed by atoms with Crippen molar-refractivity contribution in [1.82, 2.24) is 15.6 Å². The number of amides is 2. The minimum Gasteiger partial charge on any atom is -0.484 e. The Bertz CT molecular complexity index is 1150. The van der Waals surface area contributed by atoms with Crippen LogP contribution in [0.15, 0.2) is 36.5 Å². The lowest BCUT2D eigenvalue weighted by Gasteiger charge is -2.55. The van der Waals surface area contributed by atoms with Gasteiger partial charge < -0.3 is 20.5 Å². The number of halogens is 5. The van der Waals surface area contributed by atoms with Crippen LogP contribution in [0.3, 0.4) is 0 Å². The predicted molar refractivity (Wildman–Crippen MR) is 120 cm³/mol. The van der Waals surface area contributed by atoms with Gasteiger partial charge in [0.25, 0.3) is 5.91 Å². The number of alkyl halides is 3. The van der Waals surface area contributed by atoms with Gasteiger partial charge in [0.2, 0.25) is 5.91 Å². The molecule has 12 heteroatoms. The van der Waals surface area contributed by atoms with Crippen molar-refractivity contribution in [2.75, 3.05) is 6.61 Å². The maximum atomic E-state index is 13.5. The average Bonchev–Trinajstić information content (AvgIpc) is 2.83. The summed E-state index contributed by atoms with van der Waals surface area (Å²) in [5, 5.41) is 16.3. The van der Waals surface area contributed by atoms with Gasteiger partial charge >= 0.3 is 6.18 Å². The number of nitrogens with one attached hydrogen (secondary N) is 2. The molecule has 1 atom stereocenters. The molecule has 1 unspecified atom stereocenters. The molecule has 0 spiro atoms. The molecule has 1 heterocycles. The summed E-state index contributed by atoms with van der Waals surface area (Å²) in [5.74, 6) is -1.44. The third-order valence-electron chi connectivity index (χ3n) is 7.01. The first-order valence-corrected chi connectivity index (χ1v) is 11.7. The van der Waals surface area contributed by atoms with E-state index in [9.17, 15) is 32.3 Å². The molecule has 5 rings (SSSR count). The van der Waals surface area contributed by atoms with Crippen LogP contribution in [0.25, 0.3) is 0 Å². The second-order valence-electron chi connectivity index (χ2n) is 9.29. The number of nitrogens with zero attached hydrogens (tertiary/aromatic N) is 1. The van der Waals surface area contributed by atoms with Crippen LogP contribution in [0.2, 0.25) is 5.02 Å². The molecule has 194 valence electrons. The molecule has 0 radical (unpaired) electrons. The number of rotatable bonds is 7. The molecule has 3 aliphatic rings. The second-order valence-corrected chi connectivity index (χ2v) is 9.69. The van der Waals surface area contributed by atoms with E-state index in [2.05, 4.69) is 15.6 Å². The van der Waals surface area contributed by atoms with Gasteiger partial charge in [-0.25, -0.2) is 4.39 Å². The van der Waals surface area contributed by atoms with Gasteiger partial charge in [-0.3, -0.25) is 14.6 Å². The molecule has 1 aromatic heterocycles. The molecule has 3 saturated carbocycles. The molecule has 3 aliphatic carbocycles. The Balaban J connectivity index is 1.32. The summed E-state index contributed by atoms with van der Waals surface area (Å²) < 4.78 is 57.6. The van der Waals surface area contributed by atoms with Crippen LogP contribution >= 0.6 is 11.6 Å². The fourth-order valence-electron chi connectivity index (χ4n) is 4.98. The summed E-state index contributed by atoms with van der Waals surface area (Å²) >= 11 is 5.63. The van der Waals surface area contributed by atoms with Gasteiger partial charge in [-0.05, 0) is 56.4 Å². The van der Waals surface area contributed by atoms with Gasteiger partial charge in [-0.15, -0.1) is 0 Å². The van der Waals surface area contributed by atoms with Crippen LogP contribution in [0.4, 0.5) is 17.6 Å². The van der Waals surface area contributed by atoms with Gasteiger partial charge in [0.1, 0.15) is 11.6 Å². The number of hydrogen-bond donors (Lipinski definition) is 3. The number of carbonyl (C=O) groups is 2. The molecule has 3 N–H and O–H groups in total. The lowest BCUT2D eigenvalue weighted by Crippen LogP contribution is -2.65. The summed E-state index contributed by atoms with van der Waals surface area (Å²) in [5.41, 5.74) is -2.61. The maximum absolute atomic E-state index is 13.5. The summed E-state index contributed by atoms with van der Waals surface area (Å²) in [6, 6.07) is 5.54. The summed E-state index contributed by atoms with van der Waals surface area (Å²) in [4.78, 5) is 29.4. The Hall–Kier alpha value is -2.92. The van der Waals surface area contributed by atoms with Crippen LogP contribution < -0.4 is 15.4 Å².